The molecule has 0 aliphatic carbocycles. The minimum absolute atomic E-state index is 0.393. The summed E-state index contributed by atoms with van der Waals surface area (Å²) in [6.45, 7) is 4.08. The molecular weight excluding hydrogens is 419 g/mol. The lowest BCUT2D eigenvalue weighted by molar-refractivity contribution is 0.415. The summed E-state index contributed by atoms with van der Waals surface area (Å²) in [5.41, 5.74) is 11.2. The van der Waals surface area contributed by atoms with Crippen molar-refractivity contribution in [1.82, 2.24) is 9.97 Å². The van der Waals surface area contributed by atoms with Crippen LogP contribution in [-0.4, -0.2) is 17.1 Å². The number of H-pyrrole nitrogens is 1. The van der Waals surface area contributed by atoms with Crippen LogP contribution in [0.25, 0.3) is 10.9 Å². The third-order valence-electron chi connectivity index (χ3n) is 4.62. The molecule has 0 unspecified atom stereocenters. The highest BCUT2D eigenvalue weighted by molar-refractivity contribution is 6.39. The van der Waals surface area contributed by atoms with Gasteiger partial charge in [0.2, 0.25) is 0 Å². The van der Waals surface area contributed by atoms with Crippen molar-refractivity contribution in [2.45, 2.75) is 20.3 Å². The van der Waals surface area contributed by atoms with Crippen LogP contribution in [0.4, 0.5) is 17.1 Å². The number of aryl methyl sites for hydroxylation is 2. The molecule has 156 valence electrons. The van der Waals surface area contributed by atoms with Gasteiger partial charge in [-0.05, 0) is 55.3 Å². The molecule has 2 aromatic carbocycles. The summed E-state index contributed by atoms with van der Waals surface area (Å²) in [5.74, 6) is 0.900. The zero-order valence-electron chi connectivity index (χ0n) is 17.1. The number of fused-ring (bicyclic) bond motifs is 1. The van der Waals surface area contributed by atoms with E-state index in [1.54, 1.807) is 25.4 Å². The van der Waals surface area contributed by atoms with Gasteiger partial charge in [0.25, 0.3) is 0 Å². The number of nitrogens with one attached hydrogen (secondary N) is 2. The normalized spacial score (nSPS) is 10.4. The van der Waals surface area contributed by atoms with E-state index >= 15 is 0 Å². The van der Waals surface area contributed by atoms with Crippen molar-refractivity contribution in [1.29, 1.82) is 0 Å². The molecule has 0 aliphatic rings. The molecule has 4 rings (SSSR count). The van der Waals surface area contributed by atoms with Gasteiger partial charge in [-0.1, -0.05) is 30.1 Å². The van der Waals surface area contributed by atoms with Crippen LogP contribution < -0.4 is 15.8 Å². The molecule has 0 aliphatic heterocycles. The summed E-state index contributed by atoms with van der Waals surface area (Å²) in [7, 11) is 1.69. The Labute approximate surface area is 186 Å². The Hall–Kier alpha value is -2.89. The van der Waals surface area contributed by atoms with E-state index in [0.717, 1.165) is 34.8 Å². The van der Waals surface area contributed by atoms with Crippen molar-refractivity contribution >= 4 is 51.2 Å². The second kappa shape index (κ2) is 9.74. The van der Waals surface area contributed by atoms with Crippen LogP contribution in [0.5, 0.6) is 5.75 Å². The van der Waals surface area contributed by atoms with Crippen LogP contribution >= 0.6 is 23.2 Å². The second-order valence-electron chi connectivity index (χ2n) is 6.74. The van der Waals surface area contributed by atoms with E-state index in [0.29, 0.717) is 15.7 Å². The molecule has 2 aromatic heterocycles. The Bertz CT molecular complexity index is 1130. The van der Waals surface area contributed by atoms with E-state index < -0.39 is 0 Å². The monoisotopic (exact) mass is 442 g/mol. The molecule has 30 heavy (non-hydrogen) atoms. The quantitative estimate of drug-likeness (QED) is 0.305. The average molecular weight is 443 g/mol. The summed E-state index contributed by atoms with van der Waals surface area (Å²) in [6.07, 6.45) is 4.86. The zero-order valence-corrected chi connectivity index (χ0v) is 18.6. The lowest BCUT2D eigenvalue weighted by Crippen LogP contribution is -1.94. The molecule has 0 saturated carbocycles. The molecule has 0 saturated heterocycles. The topological polar surface area (TPSA) is 76.0 Å². The standard InChI is InChI=1S/C12H11Cl2N3.C11H13NO/c1-7-4-8(2-3-16-7)17-9-5-10(13)12(15)11(14)6-9;1-3-8-7-12-11-6-9(13-2)4-5-10(8)11/h2-6H,15H2,1H3,(H,16,17);4-7,12H,3H2,1-2H3. The first-order valence-corrected chi connectivity index (χ1v) is 10.2. The van der Waals surface area contributed by atoms with Crippen LogP contribution in [0.1, 0.15) is 18.2 Å². The molecule has 5 nitrogen and oxygen atoms in total. The zero-order chi connectivity index (χ0) is 21.7. The number of nitrogens with zero attached hydrogens (tertiary/aromatic N) is 1. The molecule has 0 radical (unpaired) electrons. The maximum Gasteiger partial charge on any atom is 0.120 e. The summed E-state index contributed by atoms with van der Waals surface area (Å²) in [6, 6.07) is 13.4. The van der Waals surface area contributed by atoms with E-state index in [1.807, 2.05) is 31.2 Å². The minimum atomic E-state index is 0.393. The van der Waals surface area contributed by atoms with Gasteiger partial charge in [0.05, 0.1) is 22.8 Å². The minimum Gasteiger partial charge on any atom is -0.497 e. The molecule has 4 N–H and O–H groups in total. The first kappa shape index (κ1) is 21.8. The number of halogens is 2. The van der Waals surface area contributed by atoms with Crippen molar-refractivity contribution in [2.24, 2.45) is 0 Å². The van der Waals surface area contributed by atoms with Crippen molar-refractivity contribution < 1.29 is 4.74 Å². The molecule has 0 fully saturated rings. The van der Waals surface area contributed by atoms with Crippen molar-refractivity contribution in [3.8, 4) is 5.75 Å². The first-order valence-electron chi connectivity index (χ1n) is 9.49. The maximum absolute atomic E-state index is 5.95. The Morgan fingerprint density at radius 2 is 1.80 bits per heavy atom. The number of ether oxygens (including phenoxy) is 1. The number of hydrogen-bond donors (Lipinski definition) is 3. The highest BCUT2D eigenvalue weighted by Gasteiger charge is 2.05. The maximum atomic E-state index is 5.95. The van der Waals surface area contributed by atoms with Crippen molar-refractivity contribution in [3.63, 3.8) is 0 Å². The third-order valence-corrected chi connectivity index (χ3v) is 5.25. The Morgan fingerprint density at radius 3 is 2.43 bits per heavy atom. The lowest BCUT2D eigenvalue weighted by Gasteiger charge is -2.09. The summed E-state index contributed by atoms with van der Waals surface area (Å²) in [5, 5.41) is 5.36. The molecule has 0 amide bonds. The van der Waals surface area contributed by atoms with Gasteiger partial charge in [-0.15, -0.1) is 0 Å². The highest BCUT2D eigenvalue weighted by atomic mass is 35.5. The smallest absolute Gasteiger partial charge is 0.120 e. The number of methoxy groups -OCH3 is 1. The largest absolute Gasteiger partial charge is 0.497 e. The number of hydrogen-bond acceptors (Lipinski definition) is 4. The lowest BCUT2D eigenvalue weighted by atomic mass is 10.1. The van der Waals surface area contributed by atoms with Gasteiger partial charge in [0, 0.05) is 46.4 Å². The molecule has 0 bridgehead atoms. The fourth-order valence-corrected chi connectivity index (χ4v) is 3.52. The Kier molecular flexibility index (Phi) is 7.08. The summed E-state index contributed by atoms with van der Waals surface area (Å²) < 4.78 is 5.15. The van der Waals surface area contributed by atoms with Crippen LogP contribution in [0.15, 0.2) is 54.9 Å². The number of aromatic nitrogens is 2. The first-order chi connectivity index (χ1) is 14.4. The molecular formula is C23H24Cl2N4O. The second-order valence-corrected chi connectivity index (χ2v) is 7.56. The number of rotatable bonds is 4. The Balaban J connectivity index is 0.000000177. The predicted octanol–water partition coefficient (Wildman–Crippen LogP) is 6.76. The number of aromatic amines is 1. The van der Waals surface area contributed by atoms with Gasteiger partial charge < -0.3 is 20.8 Å². The van der Waals surface area contributed by atoms with Crippen LogP contribution in [0.2, 0.25) is 10.0 Å². The van der Waals surface area contributed by atoms with Crippen LogP contribution in [0, 0.1) is 6.92 Å². The van der Waals surface area contributed by atoms with Crippen molar-refractivity contribution in [2.75, 3.05) is 18.2 Å². The van der Waals surface area contributed by atoms with Crippen LogP contribution in [-0.2, 0) is 6.42 Å². The van der Waals surface area contributed by atoms with E-state index in [4.69, 9.17) is 33.7 Å². The fraction of sp³-hybridized carbons (Fsp3) is 0.174. The van der Waals surface area contributed by atoms with Crippen LogP contribution in [0.3, 0.4) is 0 Å². The van der Waals surface area contributed by atoms with E-state index in [2.05, 4.69) is 34.5 Å². The SMILES string of the molecule is CCc1c[nH]c2cc(OC)ccc12.Cc1cc(Nc2cc(Cl)c(N)c(Cl)c2)ccn1. The number of anilines is 3. The molecule has 2 heterocycles. The van der Waals surface area contributed by atoms with Gasteiger partial charge in [-0.25, -0.2) is 0 Å². The predicted molar refractivity (Wildman–Crippen MR) is 127 cm³/mol. The van der Waals surface area contributed by atoms with Gasteiger partial charge in [-0.3, -0.25) is 4.98 Å². The molecule has 0 spiro atoms. The van der Waals surface area contributed by atoms with E-state index in [-0.39, 0.29) is 0 Å². The van der Waals surface area contributed by atoms with E-state index in [9.17, 15) is 0 Å². The van der Waals surface area contributed by atoms with Gasteiger partial charge >= 0.3 is 0 Å². The third kappa shape index (κ3) is 5.17. The van der Waals surface area contributed by atoms with Gasteiger partial charge in [0.1, 0.15) is 5.75 Å². The van der Waals surface area contributed by atoms with Gasteiger partial charge in [-0.2, -0.15) is 0 Å². The average Bonchev–Trinajstić information content (AvgIpc) is 3.14. The Morgan fingerprint density at radius 1 is 1.07 bits per heavy atom. The van der Waals surface area contributed by atoms with E-state index in [1.165, 1.54) is 10.9 Å². The molecule has 7 heteroatoms. The van der Waals surface area contributed by atoms with Crippen molar-refractivity contribution in [3.05, 3.63) is 76.2 Å². The number of nitrogens with two attached hydrogens (primary N) is 1. The molecule has 0 atom stereocenters. The van der Waals surface area contributed by atoms with Gasteiger partial charge in [0.15, 0.2) is 0 Å². The summed E-state index contributed by atoms with van der Waals surface area (Å²) in [4.78, 5) is 7.35. The molecule has 4 aromatic rings. The number of nitrogen functional groups attached to an aromatic ring is 1. The number of benzene rings is 2. The summed E-state index contributed by atoms with van der Waals surface area (Å²) >= 11 is 11.9. The fourth-order valence-electron chi connectivity index (χ4n) is 3.03. The highest BCUT2D eigenvalue weighted by Crippen LogP contribution is 2.32. The number of pyridine rings is 1.